The summed E-state index contributed by atoms with van der Waals surface area (Å²) in [6.45, 7) is 5.24. The Morgan fingerprint density at radius 2 is 1.64 bits per heavy atom. The number of sulfonamides is 1. The molecule has 13 heteroatoms. The topological polar surface area (TPSA) is 76.9 Å². The summed E-state index contributed by atoms with van der Waals surface area (Å²) in [5, 5.41) is 4.29. The van der Waals surface area contributed by atoms with Crippen LogP contribution in [0.4, 0.5) is 26.3 Å². The minimum absolute atomic E-state index is 0.0593. The van der Waals surface area contributed by atoms with Crippen LogP contribution in [0.5, 0.6) is 0 Å². The van der Waals surface area contributed by atoms with Gasteiger partial charge >= 0.3 is 6.18 Å². The summed E-state index contributed by atoms with van der Waals surface area (Å²) in [7, 11) is -4.37. The molecule has 2 aromatic heterocycles. The Kier molecular flexibility index (Phi) is 6.44. The number of benzene rings is 1. The summed E-state index contributed by atoms with van der Waals surface area (Å²) in [4.78, 5) is 2.71. The average molecular weight is 533 g/mol. The highest BCUT2D eigenvalue weighted by Gasteiger charge is 2.40. The Labute approximate surface area is 203 Å². The van der Waals surface area contributed by atoms with E-state index >= 15 is 0 Å². The first kappa shape index (κ1) is 26.1. The molecule has 2 heterocycles. The summed E-state index contributed by atoms with van der Waals surface area (Å²) < 4.78 is 111. The predicted molar refractivity (Wildman–Crippen MR) is 118 cm³/mol. The van der Waals surface area contributed by atoms with Crippen molar-refractivity contribution in [2.45, 2.75) is 56.3 Å². The third kappa shape index (κ3) is 5.12. The van der Waals surface area contributed by atoms with Gasteiger partial charge in [-0.1, -0.05) is 0 Å². The molecule has 1 aliphatic rings. The number of pyridine rings is 1. The molecular formula is C23H22F6N4O2S. The Bertz CT molecular complexity index is 1390. The maximum atomic E-state index is 14.9. The lowest BCUT2D eigenvalue weighted by Gasteiger charge is -2.25. The summed E-state index contributed by atoms with van der Waals surface area (Å²) in [5.74, 6) is -3.97. The second-order valence-electron chi connectivity index (χ2n) is 9.59. The lowest BCUT2D eigenvalue weighted by molar-refractivity contribution is -0.141. The number of hydrogen-bond acceptors (Lipinski definition) is 4. The molecule has 1 aromatic carbocycles. The fraction of sp³-hybridized carbons (Fsp3) is 0.391. The molecule has 1 saturated carbocycles. The number of halogens is 6. The van der Waals surface area contributed by atoms with E-state index in [0.717, 1.165) is 6.07 Å². The molecule has 3 aromatic rings. The molecule has 36 heavy (non-hydrogen) atoms. The molecule has 0 radical (unpaired) electrons. The van der Waals surface area contributed by atoms with Gasteiger partial charge in [-0.3, -0.25) is 9.67 Å². The van der Waals surface area contributed by atoms with Crippen molar-refractivity contribution >= 4 is 10.0 Å². The molecule has 1 aliphatic carbocycles. The lowest BCUT2D eigenvalue weighted by atomic mass is 9.97. The molecule has 1 fully saturated rings. The number of aromatic nitrogens is 3. The Morgan fingerprint density at radius 1 is 1.00 bits per heavy atom. The molecule has 1 atom stereocenters. The zero-order chi connectivity index (χ0) is 26.6. The van der Waals surface area contributed by atoms with E-state index in [1.165, 1.54) is 10.9 Å². The van der Waals surface area contributed by atoms with E-state index in [0.29, 0.717) is 37.2 Å². The van der Waals surface area contributed by atoms with Gasteiger partial charge < -0.3 is 0 Å². The largest absolute Gasteiger partial charge is 0.433 e. The Hall–Kier alpha value is -2.93. The van der Waals surface area contributed by atoms with E-state index in [-0.39, 0.29) is 22.7 Å². The molecule has 4 rings (SSSR count). The monoisotopic (exact) mass is 532 g/mol. The minimum atomic E-state index is -4.74. The second-order valence-corrected chi connectivity index (χ2v) is 11.3. The minimum Gasteiger partial charge on any atom is -0.259 e. The molecule has 1 unspecified atom stereocenters. The number of alkyl halides is 3. The van der Waals surface area contributed by atoms with Crippen LogP contribution in [0.25, 0.3) is 11.3 Å². The molecule has 0 bridgehead atoms. The fourth-order valence-electron chi connectivity index (χ4n) is 3.86. The maximum absolute atomic E-state index is 14.9. The third-order valence-electron chi connectivity index (χ3n) is 5.75. The van der Waals surface area contributed by atoms with Crippen molar-refractivity contribution < 1.29 is 34.8 Å². The summed E-state index contributed by atoms with van der Waals surface area (Å²) in [5.41, 5.74) is -2.03. The molecule has 1 N–H and O–H groups in total. The maximum Gasteiger partial charge on any atom is 0.433 e. The summed E-state index contributed by atoms with van der Waals surface area (Å²) >= 11 is 0. The first-order valence-corrected chi connectivity index (χ1v) is 12.4. The summed E-state index contributed by atoms with van der Waals surface area (Å²) in [6, 6.07) is 1.47. The zero-order valence-corrected chi connectivity index (χ0v) is 20.2. The SMILES string of the molecule is CC(C)(C)n1ncc(C(NS(=O)(=O)c2ccc(C(F)(F)F)nc2)C2CC2)c1-c1cc(F)c(F)cc1F. The zero-order valence-electron chi connectivity index (χ0n) is 19.4. The molecule has 0 saturated heterocycles. The Morgan fingerprint density at radius 3 is 2.17 bits per heavy atom. The van der Waals surface area contributed by atoms with Crippen molar-refractivity contribution in [1.29, 1.82) is 0 Å². The van der Waals surface area contributed by atoms with Crippen LogP contribution in [-0.2, 0) is 21.7 Å². The normalized spacial score (nSPS) is 15.8. The molecule has 194 valence electrons. The first-order valence-electron chi connectivity index (χ1n) is 10.9. The molecule has 0 aliphatic heterocycles. The quantitative estimate of drug-likeness (QED) is 0.333. The van der Waals surface area contributed by atoms with Crippen LogP contribution in [-0.4, -0.2) is 23.2 Å². The van der Waals surface area contributed by atoms with E-state index in [4.69, 9.17) is 0 Å². The highest BCUT2D eigenvalue weighted by atomic mass is 32.2. The van der Waals surface area contributed by atoms with Crippen LogP contribution in [0.15, 0.2) is 41.6 Å². The smallest absolute Gasteiger partial charge is 0.259 e. The standard InChI is InChI=1S/C23H22F6N4O2S/c1-22(2,3)33-21(14-8-17(25)18(26)9-16(14)24)15(11-31-33)20(12-4-5-12)32-36(34,35)13-6-7-19(30-10-13)23(27,28)29/h6-12,20,32H,4-5H2,1-3H3. The van der Waals surface area contributed by atoms with E-state index in [2.05, 4.69) is 14.8 Å². The molecule has 0 spiro atoms. The van der Waals surface area contributed by atoms with Gasteiger partial charge in [0.15, 0.2) is 11.6 Å². The van der Waals surface area contributed by atoms with Crippen LogP contribution >= 0.6 is 0 Å². The summed E-state index contributed by atoms with van der Waals surface area (Å²) in [6.07, 6.45) is -1.59. The van der Waals surface area contributed by atoms with Gasteiger partial charge in [-0.05, 0) is 57.7 Å². The van der Waals surface area contributed by atoms with Gasteiger partial charge in [0.2, 0.25) is 10.0 Å². The fourth-order valence-corrected chi connectivity index (χ4v) is 5.08. The Balaban J connectivity index is 1.81. The number of hydrogen-bond donors (Lipinski definition) is 1. The average Bonchev–Trinajstić information content (AvgIpc) is 3.51. The molecule has 0 amide bonds. The van der Waals surface area contributed by atoms with Crippen LogP contribution in [0.3, 0.4) is 0 Å². The van der Waals surface area contributed by atoms with E-state index < -0.39 is 55.8 Å². The van der Waals surface area contributed by atoms with Gasteiger partial charge in [0, 0.05) is 23.4 Å². The van der Waals surface area contributed by atoms with Gasteiger partial charge in [0.25, 0.3) is 0 Å². The number of nitrogens with one attached hydrogen (secondary N) is 1. The van der Waals surface area contributed by atoms with Gasteiger partial charge in [-0.25, -0.2) is 26.3 Å². The van der Waals surface area contributed by atoms with Crippen molar-refractivity contribution in [3.05, 3.63) is 65.4 Å². The van der Waals surface area contributed by atoms with Crippen molar-refractivity contribution in [3.63, 3.8) is 0 Å². The van der Waals surface area contributed by atoms with Gasteiger partial charge in [-0.15, -0.1) is 0 Å². The molecular weight excluding hydrogens is 510 g/mol. The van der Waals surface area contributed by atoms with Crippen LogP contribution < -0.4 is 4.72 Å². The van der Waals surface area contributed by atoms with Gasteiger partial charge in [0.1, 0.15) is 16.4 Å². The third-order valence-corrected chi connectivity index (χ3v) is 7.17. The number of rotatable bonds is 6. The van der Waals surface area contributed by atoms with E-state index in [1.807, 2.05) is 0 Å². The van der Waals surface area contributed by atoms with Crippen molar-refractivity contribution in [2.24, 2.45) is 5.92 Å². The number of nitrogens with zero attached hydrogens (tertiary/aromatic N) is 3. The van der Waals surface area contributed by atoms with Crippen LogP contribution in [0.1, 0.15) is 50.9 Å². The van der Waals surface area contributed by atoms with Crippen molar-refractivity contribution in [2.75, 3.05) is 0 Å². The van der Waals surface area contributed by atoms with Crippen molar-refractivity contribution in [3.8, 4) is 11.3 Å². The highest BCUT2D eigenvalue weighted by Crippen LogP contribution is 2.45. The van der Waals surface area contributed by atoms with Gasteiger partial charge in [0.05, 0.1) is 23.5 Å². The van der Waals surface area contributed by atoms with Crippen LogP contribution in [0, 0.1) is 23.4 Å². The second kappa shape index (κ2) is 8.87. The predicted octanol–water partition coefficient (Wildman–Crippen LogP) is 5.57. The van der Waals surface area contributed by atoms with E-state index in [1.54, 1.807) is 20.8 Å². The van der Waals surface area contributed by atoms with Gasteiger partial charge in [-0.2, -0.15) is 18.3 Å². The molecule has 6 nitrogen and oxygen atoms in total. The van der Waals surface area contributed by atoms with E-state index in [9.17, 15) is 34.8 Å². The first-order chi connectivity index (χ1) is 16.6. The highest BCUT2D eigenvalue weighted by molar-refractivity contribution is 7.89. The lowest BCUT2D eigenvalue weighted by Crippen LogP contribution is -2.31. The van der Waals surface area contributed by atoms with Crippen LogP contribution in [0.2, 0.25) is 0 Å². The van der Waals surface area contributed by atoms with Crippen molar-refractivity contribution in [1.82, 2.24) is 19.5 Å².